The second-order valence-corrected chi connectivity index (χ2v) is 19.1. The van der Waals surface area contributed by atoms with Crippen molar-refractivity contribution in [2.45, 2.75) is 77.6 Å². The molecule has 0 aliphatic carbocycles. The van der Waals surface area contributed by atoms with E-state index in [9.17, 15) is 21.4 Å². The molecule has 2 aliphatic rings. The Balaban J connectivity index is 1.24. The molecular weight excluding hydrogens is 741 g/mol. The highest BCUT2D eigenvalue weighted by Gasteiger charge is 2.45. The molecular formula is C46H55N2O6S2+. The van der Waals surface area contributed by atoms with Gasteiger partial charge in [-0.15, -0.1) is 0 Å². The first-order valence-corrected chi connectivity index (χ1v) is 22.9. The summed E-state index contributed by atoms with van der Waals surface area (Å²) in [6.45, 7) is 12.4. The SMILES string of the molecule is CCCOS(=O)(=O)CCCC[N+]1=C(/C=C/C=C/C=C/C=C2\N(CCCCS(=O)(=O)O)c3ccc4ccccc4c3C2(C)C)C(C)(C)c2c1ccc1ccccc21. The van der Waals surface area contributed by atoms with E-state index in [1.54, 1.807) is 0 Å². The maximum atomic E-state index is 12.4. The number of nitrogens with zero attached hydrogens (tertiary/aromatic N) is 2. The summed E-state index contributed by atoms with van der Waals surface area (Å²) in [5, 5.41) is 4.81. The molecule has 56 heavy (non-hydrogen) atoms. The second-order valence-electron chi connectivity index (χ2n) is 15.8. The topological polar surface area (TPSA) is 104 Å². The lowest BCUT2D eigenvalue weighted by Crippen LogP contribution is -2.28. The van der Waals surface area contributed by atoms with Gasteiger partial charge in [-0.05, 0) is 84.8 Å². The largest absolute Gasteiger partial charge is 0.344 e. The highest BCUT2D eigenvalue weighted by atomic mass is 32.2. The van der Waals surface area contributed by atoms with Gasteiger partial charge in [0.15, 0.2) is 5.71 Å². The lowest BCUT2D eigenvalue weighted by atomic mass is 9.79. The van der Waals surface area contributed by atoms with Crippen molar-refractivity contribution in [3.8, 4) is 0 Å². The first-order chi connectivity index (χ1) is 26.7. The van der Waals surface area contributed by atoms with Gasteiger partial charge in [-0.1, -0.05) is 106 Å². The van der Waals surface area contributed by atoms with Gasteiger partial charge in [-0.3, -0.25) is 8.74 Å². The van der Waals surface area contributed by atoms with Gasteiger partial charge >= 0.3 is 0 Å². The first kappa shape index (κ1) is 41.3. The van der Waals surface area contributed by atoms with Crippen molar-refractivity contribution < 1.29 is 30.1 Å². The minimum Gasteiger partial charge on any atom is -0.344 e. The van der Waals surface area contributed by atoms with E-state index in [1.807, 2.05) is 25.2 Å². The Bertz CT molecular complexity index is 2470. The minimum atomic E-state index is -4.01. The molecule has 0 saturated heterocycles. The first-order valence-electron chi connectivity index (χ1n) is 19.7. The van der Waals surface area contributed by atoms with Crippen LogP contribution < -0.4 is 4.90 Å². The molecule has 0 fully saturated rings. The van der Waals surface area contributed by atoms with Crippen LogP contribution >= 0.6 is 0 Å². The number of allylic oxidation sites excluding steroid dienone is 8. The van der Waals surface area contributed by atoms with E-state index in [2.05, 4.69) is 134 Å². The third kappa shape index (κ3) is 8.94. The molecule has 4 aromatic carbocycles. The third-order valence-electron chi connectivity index (χ3n) is 11.0. The van der Waals surface area contributed by atoms with Crippen LogP contribution in [0.5, 0.6) is 0 Å². The molecule has 10 heteroatoms. The number of benzene rings is 4. The lowest BCUT2D eigenvalue weighted by Gasteiger charge is -2.27. The summed E-state index contributed by atoms with van der Waals surface area (Å²) in [5.41, 5.74) is 6.52. The van der Waals surface area contributed by atoms with Crippen molar-refractivity contribution in [2.75, 3.05) is 36.1 Å². The molecule has 0 amide bonds. The van der Waals surface area contributed by atoms with Crippen LogP contribution in [-0.4, -0.2) is 62.9 Å². The Morgan fingerprint density at radius 2 is 1.34 bits per heavy atom. The van der Waals surface area contributed by atoms with Gasteiger partial charge < -0.3 is 4.90 Å². The van der Waals surface area contributed by atoms with Crippen molar-refractivity contribution in [2.24, 2.45) is 0 Å². The minimum absolute atomic E-state index is 0.0108. The molecule has 0 radical (unpaired) electrons. The molecule has 0 saturated carbocycles. The van der Waals surface area contributed by atoms with Crippen LogP contribution in [0.25, 0.3) is 21.5 Å². The summed E-state index contributed by atoms with van der Waals surface area (Å²) in [6, 6.07) is 25.6. The molecule has 0 bridgehead atoms. The van der Waals surface area contributed by atoms with Crippen LogP contribution in [0.3, 0.4) is 0 Å². The highest BCUT2D eigenvalue weighted by Crippen LogP contribution is 2.51. The molecule has 0 aromatic heterocycles. The van der Waals surface area contributed by atoms with Crippen molar-refractivity contribution in [3.05, 3.63) is 132 Å². The van der Waals surface area contributed by atoms with Crippen LogP contribution in [0.2, 0.25) is 0 Å². The van der Waals surface area contributed by atoms with Gasteiger partial charge in [0.25, 0.3) is 20.2 Å². The van der Waals surface area contributed by atoms with Crippen LogP contribution in [-0.2, 0) is 35.2 Å². The zero-order valence-electron chi connectivity index (χ0n) is 33.2. The lowest BCUT2D eigenvalue weighted by molar-refractivity contribution is -0.438. The van der Waals surface area contributed by atoms with E-state index in [0.29, 0.717) is 45.2 Å². The van der Waals surface area contributed by atoms with Gasteiger partial charge in [-0.2, -0.15) is 21.4 Å². The van der Waals surface area contributed by atoms with E-state index < -0.39 is 20.2 Å². The van der Waals surface area contributed by atoms with Crippen molar-refractivity contribution in [1.82, 2.24) is 0 Å². The Hall–Kier alpha value is -4.35. The molecule has 0 unspecified atom stereocenters. The maximum absolute atomic E-state index is 12.4. The van der Waals surface area contributed by atoms with E-state index in [4.69, 9.17) is 4.18 Å². The molecule has 2 aliphatic heterocycles. The molecule has 296 valence electrons. The van der Waals surface area contributed by atoms with E-state index in [1.165, 1.54) is 32.7 Å². The number of fused-ring (bicyclic) bond motifs is 6. The number of hydrogen-bond acceptors (Lipinski definition) is 6. The average Bonchev–Trinajstić information content (AvgIpc) is 3.51. The normalized spacial score (nSPS) is 17.5. The monoisotopic (exact) mass is 795 g/mol. The van der Waals surface area contributed by atoms with E-state index >= 15 is 0 Å². The quantitative estimate of drug-likeness (QED) is 0.0373. The summed E-state index contributed by atoms with van der Waals surface area (Å²) >= 11 is 0. The summed E-state index contributed by atoms with van der Waals surface area (Å²) in [6.07, 6.45) is 17.4. The Labute approximate surface area is 333 Å². The molecule has 1 N–H and O–H groups in total. The second kappa shape index (κ2) is 17.0. The van der Waals surface area contributed by atoms with Crippen LogP contribution in [0, 0.1) is 0 Å². The number of anilines is 1. The van der Waals surface area contributed by atoms with E-state index in [0.717, 1.165) is 22.8 Å². The van der Waals surface area contributed by atoms with Crippen molar-refractivity contribution in [1.29, 1.82) is 0 Å². The number of unbranched alkanes of at least 4 members (excludes halogenated alkanes) is 2. The fourth-order valence-corrected chi connectivity index (χ4v) is 10.1. The van der Waals surface area contributed by atoms with Crippen molar-refractivity contribution in [3.63, 3.8) is 0 Å². The van der Waals surface area contributed by atoms with Crippen LogP contribution in [0.1, 0.15) is 77.8 Å². The smallest absolute Gasteiger partial charge is 0.267 e. The van der Waals surface area contributed by atoms with Gasteiger partial charge in [0, 0.05) is 47.5 Å². The average molecular weight is 796 g/mol. The fraction of sp³-hybridized carbons (Fsp3) is 0.370. The predicted octanol–water partition coefficient (Wildman–Crippen LogP) is 9.92. The predicted molar refractivity (Wildman–Crippen MR) is 232 cm³/mol. The van der Waals surface area contributed by atoms with Crippen molar-refractivity contribution >= 4 is 58.9 Å². The van der Waals surface area contributed by atoms with Gasteiger partial charge in [0.1, 0.15) is 6.54 Å². The Morgan fingerprint density at radius 1 is 0.714 bits per heavy atom. The molecule has 0 spiro atoms. The molecule has 8 nitrogen and oxygen atoms in total. The van der Waals surface area contributed by atoms with Crippen LogP contribution in [0.4, 0.5) is 11.4 Å². The zero-order valence-corrected chi connectivity index (χ0v) is 34.9. The Kier molecular flexibility index (Phi) is 12.5. The van der Waals surface area contributed by atoms with Gasteiger partial charge in [0.05, 0.1) is 23.5 Å². The molecule has 2 heterocycles. The van der Waals surface area contributed by atoms with E-state index in [-0.39, 0.29) is 28.9 Å². The summed E-state index contributed by atoms with van der Waals surface area (Å²) in [5.74, 6) is -0.238. The standard InChI is InChI=1S/C46H54N2O6S2/c1-6-32-54-56(52,53)34-19-17-31-48-40-29-27-36-21-13-15-23-38(36)44(40)46(4,5)42(48)25-11-9-7-8-10-24-41-45(2,3)43-37-22-14-12-20-35(37)26-28-39(43)47(41)30-16-18-33-55(49,50)51/h7-15,20-29H,6,16-19,30-34H2,1-5H3/p+1. The number of rotatable bonds is 17. The molecule has 6 rings (SSSR count). The maximum Gasteiger partial charge on any atom is 0.267 e. The van der Waals surface area contributed by atoms with Crippen LogP contribution in [0.15, 0.2) is 121 Å². The fourth-order valence-electron chi connectivity index (χ4n) is 8.41. The summed E-state index contributed by atoms with van der Waals surface area (Å²) in [7, 11) is -7.54. The van der Waals surface area contributed by atoms with Gasteiger partial charge in [0.2, 0.25) is 5.69 Å². The zero-order chi connectivity index (χ0) is 40.1. The third-order valence-corrected chi connectivity index (χ3v) is 13.1. The molecule has 0 atom stereocenters. The summed E-state index contributed by atoms with van der Waals surface area (Å²) < 4.78 is 64.3. The highest BCUT2D eigenvalue weighted by molar-refractivity contribution is 7.86. The Morgan fingerprint density at radius 3 is 2.04 bits per heavy atom. The summed E-state index contributed by atoms with van der Waals surface area (Å²) in [4.78, 5) is 2.29. The number of hydrogen-bond donors (Lipinski definition) is 1. The molecule has 4 aromatic rings. The van der Waals surface area contributed by atoms with Gasteiger partial charge in [-0.25, -0.2) is 0 Å².